The first-order valence-electron chi connectivity index (χ1n) is 10.2. The molecule has 29 heavy (non-hydrogen) atoms. The maximum absolute atomic E-state index is 11.9. The molecule has 0 aromatic rings. The van der Waals surface area contributed by atoms with Crippen molar-refractivity contribution < 1.29 is 44.6 Å². The fourth-order valence-electron chi connectivity index (χ4n) is 3.40. The first-order chi connectivity index (χ1) is 13.7. The van der Waals surface area contributed by atoms with Crippen LogP contribution >= 0.6 is 0 Å². The summed E-state index contributed by atoms with van der Waals surface area (Å²) in [7, 11) is 0. The Labute approximate surface area is 170 Å². The van der Waals surface area contributed by atoms with Crippen LogP contribution in [0.1, 0.15) is 58.8 Å². The number of carbonyl (C=O) groups excluding carboxylic acids is 1. The summed E-state index contributed by atoms with van der Waals surface area (Å²) in [6.45, 7) is 2.55. The monoisotopic (exact) mass is 421 g/mol. The molecule has 6 N–H and O–H groups in total. The summed E-state index contributed by atoms with van der Waals surface area (Å²) < 4.78 is 11.0. The fraction of sp³-hybridized carbons (Fsp3) is 0.895. The summed E-state index contributed by atoms with van der Waals surface area (Å²) in [4.78, 5) is 23.4. The summed E-state index contributed by atoms with van der Waals surface area (Å²) in [6, 6.07) is -1.19. The molecule has 2 unspecified atom stereocenters. The fourth-order valence-corrected chi connectivity index (χ4v) is 3.40. The Kier molecular flexibility index (Phi) is 11.0. The average Bonchev–Trinajstić information content (AvgIpc) is 2.67. The molecule has 1 fully saturated rings. The Balaban J connectivity index is 2.89. The lowest BCUT2D eigenvalue weighted by atomic mass is 9.88. The maximum Gasteiger partial charge on any atom is 0.364 e. The van der Waals surface area contributed by atoms with Crippen LogP contribution in [0.15, 0.2) is 0 Å². The van der Waals surface area contributed by atoms with Gasteiger partial charge in [-0.15, -0.1) is 0 Å². The number of carbonyl (C=O) groups is 2. The molecule has 0 aliphatic carbocycles. The van der Waals surface area contributed by atoms with Crippen molar-refractivity contribution in [1.82, 2.24) is 5.32 Å². The quantitative estimate of drug-likeness (QED) is 0.215. The highest BCUT2D eigenvalue weighted by atomic mass is 16.7. The van der Waals surface area contributed by atoms with Crippen molar-refractivity contribution in [2.24, 2.45) is 0 Å². The molecule has 0 bridgehead atoms. The molecule has 0 radical (unpaired) electrons. The standard InChI is InChI=1S/C19H35NO9/c1-3-4-5-6-7-8-9-28-19(18(26)27)10-13(23)15(20-12(2)22)17(29-19)16(25)14(24)11-21/h13-17,21,23-25H,3-11H2,1-2H3,(H,20,22)(H,26,27)/t13-,14?,15+,16?,17+,19+/m0/s1. The van der Waals surface area contributed by atoms with Crippen molar-refractivity contribution in [2.45, 2.75) is 95.0 Å². The number of hydrogen-bond donors (Lipinski definition) is 6. The molecular formula is C19H35NO9. The van der Waals surface area contributed by atoms with Crippen LogP contribution in [-0.4, -0.2) is 86.9 Å². The maximum atomic E-state index is 11.9. The van der Waals surface area contributed by atoms with E-state index in [9.17, 15) is 30.0 Å². The van der Waals surface area contributed by atoms with Crippen molar-refractivity contribution in [3.05, 3.63) is 0 Å². The largest absolute Gasteiger partial charge is 0.477 e. The van der Waals surface area contributed by atoms with E-state index in [-0.39, 0.29) is 6.61 Å². The predicted octanol–water partition coefficient (Wildman–Crippen LogP) is -0.487. The number of nitrogens with one attached hydrogen (secondary N) is 1. The minimum Gasteiger partial charge on any atom is -0.477 e. The molecular weight excluding hydrogens is 386 g/mol. The van der Waals surface area contributed by atoms with Crippen LogP contribution in [0, 0.1) is 0 Å². The summed E-state index contributed by atoms with van der Waals surface area (Å²) in [6.07, 6.45) is -1.05. The van der Waals surface area contributed by atoms with Gasteiger partial charge in [-0.25, -0.2) is 4.79 Å². The summed E-state index contributed by atoms with van der Waals surface area (Å²) in [5.41, 5.74) is 0. The number of aliphatic hydroxyl groups is 4. The van der Waals surface area contributed by atoms with Gasteiger partial charge in [-0.3, -0.25) is 4.79 Å². The normalized spacial score (nSPS) is 29.2. The van der Waals surface area contributed by atoms with Crippen LogP contribution in [0.3, 0.4) is 0 Å². The van der Waals surface area contributed by atoms with Gasteiger partial charge in [0.15, 0.2) is 0 Å². The van der Waals surface area contributed by atoms with E-state index in [1.165, 1.54) is 6.92 Å². The molecule has 0 aromatic carbocycles. The molecule has 1 rings (SSSR count). The van der Waals surface area contributed by atoms with Gasteiger partial charge in [0.2, 0.25) is 5.91 Å². The van der Waals surface area contributed by atoms with Gasteiger partial charge in [0.05, 0.1) is 25.4 Å². The van der Waals surface area contributed by atoms with Gasteiger partial charge >= 0.3 is 5.97 Å². The number of ether oxygens (including phenoxy) is 2. The lowest BCUT2D eigenvalue weighted by Gasteiger charge is -2.46. The zero-order chi connectivity index (χ0) is 22.0. The second kappa shape index (κ2) is 12.4. The second-order valence-corrected chi connectivity index (χ2v) is 7.50. The minimum atomic E-state index is -2.24. The highest BCUT2D eigenvalue weighted by Gasteiger charge is 2.55. The summed E-state index contributed by atoms with van der Waals surface area (Å²) in [5, 5.41) is 51.8. The molecule has 0 aromatic heterocycles. The van der Waals surface area contributed by atoms with Crippen LogP contribution in [-0.2, 0) is 19.1 Å². The van der Waals surface area contributed by atoms with E-state index in [1.54, 1.807) is 0 Å². The Morgan fingerprint density at radius 1 is 1.21 bits per heavy atom. The second-order valence-electron chi connectivity index (χ2n) is 7.50. The van der Waals surface area contributed by atoms with Crippen LogP contribution in [0.25, 0.3) is 0 Å². The smallest absolute Gasteiger partial charge is 0.364 e. The van der Waals surface area contributed by atoms with Gasteiger partial charge in [0.1, 0.15) is 18.3 Å². The predicted molar refractivity (Wildman–Crippen MR) is 102 cm³/mol. The first-order valence-corrected chi connectivity index (χ1v) is 10.2. The number of amides is 1. The third-order valence-electron chi connectivity index (χ3n) is 5.02. The van der Waals surface area contributed by atoms with Crippen LogP contribution in [0.4, 0.5) is 0 Å². The van der Waals surface area contributed by atoms with Crippen LogP contribution in [0.5, 0.6) is 0 Å². The zero-order valence-electron chi connectivity index (χ0n) is 17.1. The van der Waals surface area contributed by atoms with Crippen molar-refractivity contribution >= 4 is 11.9 Å². The molecule has 10 nitrogen and oxygen atoms in total. The van der Waals surface area contributed by atoms with Gasteiger partial charge in [0.25, 0.3) is 5.79 Å². The van der Waals surface area contributed by atoms with E-state index in [0.29, 0.717) is 6.42 Å². The van der Waals surface area contributed by atoms with Crippen molar-refractivity contribution in [3.63, 3.8) is 0 Å². The number of rotatable bonds is 13. The van der Waals surface area contributed by atoms with E-state index < -0.39 is 61.1 Å². The Bertz CT molecular complexity index is 518. The van der Waals surface area contributed by atoms with Crippen LogP contribution in [0.2, 0.25) is 0 Å². The molecule has 1 aliphatic rings. The zero-order valence-corrected chi connectivity index (χ0v) is 17.1. The van der Waals surface area contributed by atoms with Crippen molar-refractivity contribution in [3.8, 4) is 0 Å². The lowest BCUT2D eigenvalue weighted by Crippen LogP contribution is -2.67. The van der Waals surface area contributed by atoms with E-state index in [0.717, 1.165) is 32.1 Å². The Morgan fingerprint density at radius 3 is 2.38 bits per heavy atom. The first kappa shape index (κ1) is 25.7. The van der Waals surface area contributed by atoms with Crippen LogP contribution < -0.4 is 5.32 Å². The van der Waals surface area contributed by atoms with Gasteiger partial charge < -0.3 is 40.3 Å². The highest BCUT2D eigenvalue weighted by Crippen LogP contribution is 2.33. The third-order valence-corrected chi connectivity index (χ3v) is 5.02. The molecule has 170 valence electrons. The molecule has 6 atom stereocenters. The molecule has 10 heteroatoms. The molecule has 1 saturated heterocycles. The van der Waals surface area contributed by atoms with Gasteiger partial charge in [0, 0.05) is 13.3 Å². The van der Waals surface area contributed by atoms with Gasteiger partial charge in [-0.2, -0.15) is 0 Å². The van der Waals surface area contributed by atoms with E-state index in [2.05, 4.69) is 12.2 Å². The molecule has 1 heterocycles. The topological polar surface area (TPSA) is 166 Å². The van der Waals surface area contributed by atoms with E-state index in [1.807, 2.05) is 0 Å². The average molecular weight is 421 g/mol. The highest BCUT2D eigenvalue weighted by molar-refractivity contribution is 5.76. The van der Waals surface area contributed by atoms with E-state index in [4.69, 9.17) is 14.6 Å². The number of carboxylic acids is 1. The van der Waals surface area contributed by atoms with E-state index >= 15 is 0 Å². The summed E-state index contributed by atoms with van der Waals surface area (Å²) >= 11 is 0. The molecule has 1 amide bonds. The Hall–Kier alpha value is -1.30. The molecule has 0 spiro atoms. The molecule has 1 aliphatic heterocycles. The van der Waals surface area contributed by atoms with Crippen molar-refractivity contribution in [2.75, 3.05) is 13.2 Å². The number of hydrogen-bond acceptors (Lipinski definition) is 8. The minimum absolute atomic E-state index is 0.0708. The SMILES string of the molecule is CCCCCCCCO[C@]1(C(=O)O)C[C@H](O)[C@@H](NC(C)=O)[C@H](C(O)C(O)CO)O1. The number of carboxylic acid groups (broad SMARTS) is 1. The summed E-state index contributed by atoms with van der Waals surface area (Å²) in [5.74, 6) is -4.26. The number of aliphatic carboxylic acids is 1. The lowest BCUT2D eigenvalue weighted by molar-refractivity contribution is -0.311. The van der Waals surface area contributed by atoms with Gasteiger partial charge in [-0.1, -0.05) is 39.0 Å². The third kappa shape index (κ3) is 7.47. The molecule has 0 saturated carbocycles. The van der Waals surface area contributed by atoms with Gasteiger partial charge in [-0.05, 0) is 6.42 Å². The number of unbranched alkanes of at least 4 members (excludes halogenated alkanes) is 5. The number of aliphatic hydroxyl groups excluding tert-OH is 4. The van der Waals surface area contributed by atoms with Crippen molar-refractivity contribution in [1.29, 1.82) is 0 Å². The Morgan fingerprint density at radius 2 is 1.83 bits per heavy atom.